The molecule has 1 saturated carbocycles. The summed E-state index contributed by atoms with van der Waals surface area (Å²) in [6.45, 7) is 8.24. The van der Waals surface area contributed by atoms with Gasteiger partial charge in [-0.1, -0.05) is 6.42 Å². The van der Waals surface area contributed by atoms with E-state index < -0.39 is 0 Å². The highest BCUT2D eigenvalue weighted by Gasteiger charge is 2.32. The van der Waals surface area contributed by atoms with Gasteiger partial charge in [0, 0.05) is 12.5 Å². The molecule has 3 N–H and O–H groups in total. The molecule has 0 unspecified atom stereocenters. The van der Waals surface area contributed by atoms with Gasteiger partial charge >= 0.3 is 0 Å². The molecule has 1 aromatic rings. The third-order valence-corrected chi connectivity index (χ3v) is 6.00. The van der Waals surface area contributed by atoms with Crippen LogP contribution in [0.1, 0.15) is 49.4 Å². The SMILES string of the molecule is Cc1nc(CN2CCC(CNC(=O)[C@@H]3CCC[C@@H]3CN)CC2)oc1C. The van der Waals surface area contributed by atoms with Crippen molar-refractivity contribution in [2.24, 2.45) is 23.5 Å². The van der Waals surface area contributed by atoms with Crippen molar-refractivity contribution in [2.75, 3.05) is 26.2 Å². The van der Waals surface area contributed by atoms with Gasteiger partial charge in [0.25, 0.3) is 0 Å². The maximum atomic E-state index is 12.4. The smallest absolute Gasteiger partial charge is 0.223 e. The Morgan fingerprint density at radius 1 is 1.28 bits per heavy atom. The molecule has 1 aromatic heterocycles. The minimum absolute atomic E-state index is 0.140. The Kier molecular flexibility index (Phi) is 6.12. The van der Waals surface area contributed by atoms with Crippen molar-refractivity contribution in [3.8, 4) is 0 Å². The molecular formula is C19H32N4O2. The van der Waals surface area contributed by atoms with E-state index in [1.165, 1.54) is 0 Å². The van der Waals surface area contributed by atoms with Gasteiger partial charge in [0.1, 0.15) is 5.76 Å². The molecule has 0 bridgehead atoms. The molecule has 2 fully saturated rings. The zero-order valence-electron chi connectivity index (χ0n) is 15.6. The summed E-state index contributed by atoms with van der Waals surface area (Å²) >= 11 is 0. The Bertz CT molecular complexity index is 558. The monoisotopic (exact) mass is 348 g/mol. The van der Waals surface area contributed by atoms with Crippen molar-refractivity contribution in [1.82, 2.24) is 15.2 Å². The molecule has 2 aliphatic rings. The third-order valence-electron chi connectivity index (χ3n) is 6.00. The van der Waals surface area contributed by atoms with E-state index in [9.17, 15) is 4.79 Å². The Morgan fingerprint density at radius 3 is 2.68 bits per heavy atom. The highest BCUT2D eigenvalue weighted by Crippen LogP contribution is 2.31. The zero-order valence-corrected chi connectivity index (χ0v) is 15.6. The van der Waals surface area contributed by atoms with Crippen LogP contribution in [0.4, 0.5) is 0 Å². The quantitative estimate of drug-likeness (QED) is 0.821. The number of hydrogen-bond acceptors (Lipinski definition) is 5. The number of aryl methyl sites for hydroxylation is 2. The van der Waals surface area contributed by atoms with Crippen LogP contribution in [-0.4, -0.2) is 42.0 Å². The molecular weight excluding hydrogens is 316 g/mol. The van der Waals surface area contributed by atoms with Crippen molar-refractivity contribution in [3.05, 3.63) is 17.3 Å². The van der Waals surface area contributed by atoms with Crippen LogP contribution in [0, 0.1) is 31.6 Å². The summed E-state index contributed by atoms with van der Waals surface area (Å²) in [6, 6.07) is 0. The largest absolute Gasteiger partial charge is 0.444 e. The normalized spacial score (nSPS) is 25.4. The molecule has 0 radical (unpaired) electrons. The summed E-state index contributed by atoms with van der Waals surface area (Å²) in [6.07, 6.45) is 5.47. The average Bonchev–Trinajstić information content (AvgIpc) is 3.20. The molecule has 1 amide bonds. The first-order chi connectivity index (χ1) is 12.1. The Hall–Kier alpha value is -1.40. The van der Waals surface area contributed by atoms with Gasteiger partial charge in [0.05, 0.1) is 12.2 Å². The number of hydrogen-bond donors (Lipinski definition) is 2. The molecule has 25 heavy (non-hydrogen) atoms. The second-order valence-corrected chi connectivity index (χ2v) is 7.75. The fraction of sp³-hybridized carbons (Fsp3) is 0.789. The second-order valence-electron chi connectivity index (χ2n) is 7.75. The van der Waals surface area contributed by atoms with E-state index in [0.717, 1.165) is 75.6 Å². The third kappa shape index (κ3) is 4.61. The number of nitrogens with two attached hydrogens (primary N) is 1. The summed E-state index contributed by atoms with van der Waals surface area (Å²) in [5, 5.41) is 3.19. The lowest BCUT2D eigenvalue weighted by molar-refractivity contribution is -0.126. The van der Waals surface area contributed by atoms with E-state index >= 15 is 0 Å². The molecule has 3 rings (SSSR count). The molecule has 1 saturated heterocycles. The van der Waals surface area contributed by atoms with Crippen LogP contribution in [0.3, 0.4) is 0 Å². The highest BCUT2D eigenvalue weighted by molar-refractivity contribution is 5.79. The fourth-order valence-electron chi connectivity index (χ4n) is 4.19. The number of rotatable bonds is 6. The number of carbonyl (C=O) groups is 1. The van der Waals surface area contributed by atoms with Crippen LogP contribution in [0.15, 0.2) is 4.42 Å². The highest BCUT2D eigenvalue weighted by atomic mass is 16.4. The number of nitrogens with one attached hydrogen (secondary N) is 1. The van der Waals surface area contributed by atoms with Crippen LogP contribution in [0.5, 0.6) is 0 Å². The number of aromatic nitrogens is 1. The zero-order chi connectivity index (χ0) is 17.8. The number of likely N-dealkylation sites (tertiary alicyclic amines) is 1. The molecule has 2 atom stereocenters. The van der Waals surface area contributed by atoms with Gasteiger partial charge in [-0.05, 0) is 71.0 Å². The van der Waals surface area contributed by atoms with Crippen LogP contribution in [0.2, 0.25) is 0 Å². The van der Waals surface area contributed by atoms with E-state index in [2.05, 4.69) is 15.2 Å². The minimum Gasteiger partial charge on any atom is -0.444 e. The fourth-order valence-corrected chi connectivity index (χ4v) is 4.19. The summed E-state index contributed by atoms with van der Waals surface area (Å²) < 4.78 is 5.68. The van der Waals surface area contributed by atoms with Gasteiger partial charge in [0.15, 0.2) is 0 Å². The summed E-state index contributed by atoms with van der Waals surface area (Å²) in [4.78, 5) is 19.3. The molecule has 0 spiro atoms. The lowest BCUT2D eigenvalue weighted by Crippen LogP contribution is -2.41. The number of oxazole rings is 1. The lowest BCUT2D eigenvalue weighted by atomic mass is 9.93. The molecule has 1 aliphatic carbocycles. The van der Waals surface area contributed by atoms with Crippen molar-refractivity contribution in [1.29, 1.82) is 0 Å². The van der Waals surface area contributed by atoms with Crippen molar-refractivity contribution >= 4 is 5.91 Å². The Balaban J connectivity index is 1.38. The predicted molar refractivity (Wildman–Crippen MR) is 96.9 cm³/mol. The van der Waals surface area contributed by atoms with Crippen molar-refractivity contribution < 1.29 is 9.21 Å². The van der Waals surface area contributed by atoms with E-state index in [4.69, 9.17) is 10.2 Å². The topological polar surface area (TPSA) is 84.4 Å². The average molecular weight is 348 g/mol. The van der Waals surface area contributed by atoms with E-state index in [0.29, 0.717) is 18.4 Å². The first-order valence-electron chi connectivity index (χ1n) is 9.70. The molecule has 2 heterocycles. The van der Waals surface area contributed by atoms with Crippen LogP contribution in [-0.2, 0) is 11.3 Å². The van der Waals surface area contributed by atoms with E-state index in [1.807, 2.05) is 13.8 Å². The summed E-state index contributed by atoms with van der Waals surface area (Å²) in [5.74, 6) is 3.05. The maximum Gasteiger partial charge on any atom is 0.223 e. The first-order valence-corrected chi connectivity index (χ1v) is 9.70. The first kappa shape index (κ1) is 18.4. The van der Waals surface area contributed by atoms with Gasteiger partial charge in [0.2, 0.25) is 11.8 Å². The Labute approximate surface area is 150 Å². The maximum absolute atomic E-state index is 12.4. The van der Waals surface area contributed by atoms with E-state index in [1.54, 1.807) is 0 Å². The van der Waals surface area contributed by atoms with E-state index in [-0.39, 0.29) is 11.8 Å². The number of amides is 1. The molecule has 6 nitrogen and oxygen atoms in total. The Morgan fingerprint density at radius 2 is 2.04 bits per heavy atom. The van der Waals surface area contributed by atoms with Crippen LogP contribution >= 0.6 is 0 Å². The number of nitrogens with zero attached hydrogens (tertiary/aromatic N) is 2. The molecule has 140 valence electrons. The minimum atomic E-state index is 0.140. The summed E-state index contributed by atoms with van der Waals surface area (Å²) in [7, 11) is 0. The summed E-state index contributed by atoms with van der Waals surface area (Å²) in [5.41, 5.74) is 6.77. The molecule has 6 heteroatoms. The van der Waals surface area contributed by atoms with Gasteiger partial charge < -0.3 is 15.5 Å². The van der Waals surface area contributed by atoms with Gasteiger partial charge in [-0.25, -0.2) is 4.98 Å². The predicted octanol–water partition coefficient (Wildman–Crippen LogP) is 1.99. The number of carbonyl (C=O) groups excluding carboxylic acids is 1. The van der Waals surface area contributed by atoms with Gasteiger partial charge in [-0.3, -0.25) is 9.69 Å². The molecule has 0 aromatic carbocycles. The van der Waals surface area contributed by atoms with Crippen LogP contribution in [0.25, 0.3) is 0 Å². The standard InChI is InChI=1S/C19H32N4O2/c1-13-14(2)25-18(22-13)12-23-8-6-15(7-9-23)11-21-19(24)17-5-3-4-16(17)10-20/h15-17H,3-12,20H2,1-2H3,(H,21,24)/t16-,17-/m1/s1. The van der Waals surface area contributed by atoms with Crippen molar-refractivity contribution in [2.45, 2.75) is 52.5 Å². The second kappa shape index (κ2) is 8.32. The number of piperidine rings is 1. The lowest BCUT2D eigenvalue weighted by Gasteiger charge is -2.31. The molecule has 1 aliphatic heterocycles. The van der Waals surface area contributed by atoms with Crippen molar-refractivity contribution in [3.63, 3.8) is 0 Å². The van der Waals surface area contributed by atoms with Crippen LogP contribution < -0.4 is 11.1 Å². The van der Waals surface area contributed by atoms with Gasteiger partial charge in [-0.15, -0.1) is 0 Å². The van der Waals surface area contributed by atoms with Gasteiger partial charge in [-0.2, -0.15) is 0 Å².